The highest BCUT2D eigenvalue weighted by Gasteiger charge is 2.24. The molecule has 1 aliphatic rings. The highest BCUT2D eigenvalue weighted by Crippen LogP contribution is 2.18. The summed E-state index contributed by atoms with van der Waals surface area (Å²) in [6.45, 7) is 3.95. The van der Waals surface area contributed by atoms with Gasteiger partial charge in [-0.15, -0.1) is 0 Å². The molecule has 1 fully saturated rings. The Morgan fingerprint density at radius 1 is 1.12 bits per heavy atom. The summed E-state index contributed by atoms with van der Waals surface area (Å²) < 4.78 is 32.7. The maximum absolute atomic E-state index is 12.5. The second-order valence-corrected chi connectivity index (χ2v) is 8.51. The van der Waals surface area contributed by atoms with Crippen molar-refractivity contribution in [1.29, 1.82) is 0 Å². The first-order valence-electron chi connectivity index (χ1n) is 9.48. The topological polar surface area (TPSA) is 84.5 Å². The van der Waals surface area contributed by atoms with E-state index in [0.29, 0.717) is 12.4 Å². The lowest BCUT2D eigenvalue weighted by Crippen LogP contribution is -2.48. The van der Waals surface area contributed by atoms with Gasteiger partial charge in [0, 0.05) is 6.04 Å². The van der Waals surface area contributed by atoms with Crippen LogP contribution < -0.4 is 14.8 Å². The van der Waals surface area contributed by atoms with Gasteiger partial charge in [-0.2, -0.15) is 4.72 Å². The number of benzene rings is 1. The number of sulfonamides is 1. The summed E-state index contributed by atoms with van der Waals surface area (Å²) >= 11 is 0. The van der Waals surface area contributed by atoms with Crippen LogP contribution in [0.2, 0.25) is 0 Å². The lowest BCUT2D eigenvalue weighted by molar-refractivity contribution is -0.123. The third-order valence-electron chi connectivity index (χ3n) is 4.62. The minimum absolute atomic E-state index is 0.117. The minimum atomic E-state index is -3.76. The summed E-state index contributed by atoms with van der Waals surface area (Å²) in [6, 6.07) is 5.49. The highest BCUT2D eigenvalue weighted by molar-refractivity contribution is 7.89. The van der Waals surface area contributed by atoms with Crippen molar-refractivity contribution in [2.75, 3.05) is 6.61 Å². The van der Waals surface area contributed by atoms with E-state index in [9.17, 15) is 13.2 Å². The summed E-state index contributed by atoms with van der Waals surface area (Å²) in [7, 11) is -3.76. The number of nitrogens with one attached hydrogen (secondary N) is 2. The van der Waals surface area contributed by atoms with Crippen LogP contribution in [0.25, 0.3) is 0 Å². The first kappa shape index (κ1) is 20.7. The highest BCUT2D eigenvalue weighted by atomic mass is 32.2. The van der Waals surface area contributed by atoms with Crippen molar-refractivity contribution in [3.05, 3.63) is 24.3 Å². The summed E-state index contributed by atoms with van der Waals surface area (Å²) in [6.07, 6.45) is 7.81. The molecule has 0 heterocycles. The molecule has 6 nitrogen and oxygen atoms in total. The molecule has 1 saturated carbocycles. The first-order chi connectivity index (χ1) is 12.4. The molecule has 0 unspecified atom stereocenters. The molecular formula is C19H30N2O4S. The van der Waals surface area contributed by atoms with Crippen molar-refractivity contribution in [3.63, 3.8) is 0 Å². The molecule has 0 bridgehead atoms. The van der Waals surface area contributed by atoms with Crippen LogP contribution in [-0.2, 0) is 14.8 Å². The van der Waals surface area contributed by atoms with Crippen molar-refractivity contribution >= 4 is 15.9 Å². The van der Waals surface area contributed by atoms with Gasteiger partial charge in [-0.25, -0.2) is 8.42 Å². The van der Waals surface area contributed by atoms with Crippen LogP contribution in [-0.4, -0.2) is 33.0 Å². The van der Waals surface area contributed by atoms with Gasteiger partial charge in [-0.3, -0.25) is 4.79 Å². The Balaban J connectivity index is 1.93. The van der Waals surface area contributed by atoms with Crippen molar-refractivity contribution < 1.29 is 17.9 Å². The zero-order chi connectivity index (χ0) is 19.0. The predicted molar refractivity (Wildman–Crippen MR) is 102 cm³/mol. The lowest BCUT2D eigenvalue weighted by Gasteiger charge is -2.23. The van der Waals surface area contributed by atoms with Gasteiger partial charge >= 0.3 is 0 Å². The second kappa shape index (κ2) is 9.92. The number of amides is 1. The van der Waals surface area contributed by atoms with Gasteiger partial charge < -0.3 is 10.1 Å². The molecular weight excluding hydrogens is 352 g/mol. The number of carbonyl (C=O) groups is 1. The molecule has 0 aromatic heterocycles. The van der Waals surface area contributed by atoms with Crippen LogP contribution in [0.4, 0.5) is 0 Å². The lowest BCUT2D eigenvalue weighted by atomic mass is 9.96. The molecule has 1 amide bonds. The Labute approximate surface area is 156 Å². The Hall–Kier alpha value is -1.60. The fraction of sp³-hybridized carbons (Fsp3) is 0.632. The molecule has 0 saturated heterocycles. The van der Waals surface area contributed by atoms with Gasteiger partial charge in [0.1, 0.15) is 5.75 Å². The normalized spacial score (nSPS) is 17.8. The molecule has 26 heavy (non-hydrogen) atoms. The third-order valence-corrected chi connectivity index (χ3v) is 6.18. The maximum Gasteiger partial charge on any atom is 0.241 e. The molecule has 2 N–H and O–H groups in total. The molecule has 0 spiro atoms. The van der Waals surface area contributed by atoms with E-state index in [2.05, 4.69) is 10.0 Å². The van der Waals surface area contributed by atoms with Gasteiger partial charge in [0.05, 0.1) is 17.5 Å². The van der Waals surface area contributed by atoms with E-state index in [1.165, 1.54) is 31.4 Å². The van der Waals surface area contributed by atoms with Crippen molar-refractivity contribution in [3.8, 4) is 5.75 Å². The minimum Gasteiger partial charge on any atom is -0.494 e. The van der Waals surface area contributed by atoms with Crippen LogP contribution in [0.1, 0.15) is 58.8 Å². The van der Waals surface area contributed by atoms with E-state index < -0.39 is 16.1 Å². The smallest absolute Gasteiger partial charge is 0.241 e. The number of carbonyl (C=O) groups excluding carboxylic acids is 1. The Bertz CT molecular complexity index is 665. The molecule has 0 radical (unpaired) electrons. The zero-order valence-electron chi connectivity index (χ0n) is 15.7. The Kier molecular flexibility index (Phi) is 7.90. The average Bonchev–Trinajstić information content (AvgIpc) is 2.57. The Morgan fingerprint density at radius 3 is 2.27 bits per heavy atom. The van der Waals surface area contributed by atoms with Crippen LogP contribution in [0.5, 0.6) is 5.75 Å². The van der Waals surface area contributed by atoms with E-state index >= 15 is 0 Å². The monoisotopic (exact) mass is 382 g/mol. The van der Waals surface area contributed by atoms with Gasteiger partial charge in [-0.1, -0.05) is 32.1 Å². The molecule has 1 atom stereocenters. The summed E-state index contributed by atoms with van der Waals surface area (Å²) in [5, 5.41) is 3.00. The third kappa shape index (κ3) is 6.29. The van der Waals surface area contributed by atoms with Gasteiger partial charge in [0.25, 0.3) is 0 Å². The summed E-state index contributed by atoms with van der Waals surface area (Å²) in [4.78, 5) is 12.5. The standard InChI is InChI=1S/C19H30N2O4S/c1-3-25-17-11-13-18(14-12-17)26(23,24)21-15(2)19(22)20-16-9-7-5-4-6-8-10-16/h11-16,21H,3-10H2,1-2H3,(H,20,22)/t15-/m0/s1. The molecule has 2 rings (SSSR count). The first-order valence-corrected chi connectivity index (χ1v) is 11.0. The zero-order valence-corrected chi connectivity index (χ0v) is 16.5. The Morgan fingerprint density at radius 2 is 1.69 bits per heavy atom. The van der Waals surface area contributed by atoms with Crippen LogP contribution in [0.15, 0.2) is 29.2 Å². The van der Waals surface area contributed by atoms with E-state index in [1.807, 2.05) is 6.92 Å². The van der Waals surface area contributed by atoms with Crippen LogP contribution in [0.3, 0.4) is 0 Å². The number of hydrogen-bond acceptors (Lipinski definition) is 4. The van der Waals surface area contributed by atoms with Gasteiger partial charge in [0.2, 0.25) is 15.9 Å². The molecule has 0 aliphatic heterocycles. The van der Waals surface area contributed by atoms with E-state index in [4.69, 9.17) is 4.74 Å². The number of hydrogen-bond donors (Lipinski definition) is 2. The number of rotatable bonds is 7. The van der Waals surface area contributed by atoms with Gasteiger partial charge in [0.15, 0.2) is 0 Å². The summed E-state index contributed by atoms with van der Waals surface area (Å²) in [5.41, 5.74) is 0. The van der Waals surface area contributed by atoms with Crippen molar-refractivity contribution in [2.45, 2.75) is 75.8 Å². The fourth-order valence-electron chi connectivity index (χ4n) is 3.16. The van der Waals surface area contributed by atoms with E-state index in [0.717, 1.165) is 25.7 Å². The largest absolute Gasteiger partial charge is 0.494 e. The van der Waals surface area contributed by atoms with Crippen molar-refractivity contribution in [2.24, 2.45) is 0 Å². The van der Waals surface area contributed by atoms with Crippen molar-refractivity contribution in [1.82, 2.24) is 10.0 Å². The average molecular weight is 383 g/mol. The molecule has 7 heteroatoms. The predicted octanol–water partition coefficient (Wildman–Crippen LogP) is 2.98. The van der Waals surface area contributed by atoms with Crippen LogP contribution >= 0.6 is 0 Å². The quantitative estimate of drug-likeness (QED) is 0.759. The molecule has 1 aromatic rings. The van der Waals surface area contributed by atoms with Crippen LogP contribution in [0, 0.1) is 0 Å². The summed E-state index contributed by atoms with van der Waals surface area (Å²) in [5.74, 6) is 0.339. The van der Waals surface area contributed by atoms with E-state index in [-0.39, 0.29) is 16.8 Å². The fourth-order valence-corrected chi connectivity index (χ4v) is 4.37. The van der Waals surface area contributed by atoms with E-state index in [1.54, 1.807) is 19.1 Å². The molecule has 146 valence electrons. The number of ether oxygens (including phenoxy) is 1. The molecule has 1 aromatic carbocycles. The maximum atomic E-state index is 12.5. The van der Waals surface area contributed by atoms with Gasteiger partial charge in [-0.05, 0) is 51.0 Å². The second-order valence-electron chi connectivity index (χ2n) is 6.80. The molecule has 1 aliphatic carbocycles. The SMILES string of the molecule is CCOc1ccc(S(=O)(=O)N[C@@H](C)C(=O)NC2CCCCCCC2)cc1.